The van der Waals surface area contributed by atoms with E-state index in [1.165, 1.54) is 45.5 Å². The van der Waals surface area contributed by atoms with E-state index < -0.39 is 0 Å². The maximum atomic E-state index is 5.07. The van der Waals surface area contributed by atoms with Crippen LogP contribution in [0, 0.1) is 0 Å². The minimum absolute atomic E-state index is 0.194. The quantitative estimate of drug-likeness (QED) is 0.0336. The first-order valence-corrected chi connectivity index (χ1v) is 49.6. The summed E-state index contributed by atoms with van der Waals surface area (Å²) in [6.07, 6.45) is 33.1. The number of hydrogen-bond acceptors (Lipinski definition) is 16. The van der Waals surface area contributed by atoms with Gasteiger partial charge in [-0.3, -0.25) is 0 Å². The summed E-state index contributed by atoms with van der Waals surface area (Å²) < 4.78 is 0. The highest BCUT2D eigenvalue weighted by atomic mass is 35.5. The van der Waals surface area contributed by atoms with E-state index in [9.17, 15) is 0 Å². The Morgan fingerprint density at radius 2 is 0.246 bits per heavy atom. The Bertz CT molecular complexity index is 4670. The summed E-state index contributed by atoms with van der Waals surface area (Å²) in [6.45, 7) is 50.5. The zero-order valence-corrected chi connectivity index (χ0v) is 84.4. The Morgan fingerprint density at radius 1 is 0.157 bits per heavy atom. The minimum atomic E-state index is 0.194. The Morgan fingerprint density at radius 3 is 0.328 bits per heavy atom. The molecule has 4 aromatic heterocycles. The lowest BCUT2D eigenvalue weighted by atomic mass is 10.1. The molecule has 0 atom stereocenters. The molecule has 134 heavy (non-hydrogen) atoms. The summed E-state index contributed by atoms with van der Waals surface area (Å²) in [5.74, 6) is 1.81. The number of anilines is 8. The van der Waals surface area contributed by atoms with E-state index in [1.54, 1.807) is 0 Å². The number of aromatic nitrogens is 8. The van der Waals surface area contributed by atoms with E-state index in [1.807, 2.05) is 72.9 Å². The van der Waals surface area contributed by atoms with E-state index in [0.717, 1.165) is 195 Å². The van der Waals surface area contributed by atoms with Crippen LogP contribution in [0.15, 0.2) is 218 Å². The molecule has 0 unspecified atom stereocenters. The van der Waals surface area contributed by atoms with Gasteiger partial charge in [-0.15, -0.1) is 46.4 Å². The maximum absolute atomic E-state index is 5.07. The Kier molecular flexibility index (Phi) is 44.9. The van der Waals surface area contributed by atoms with Crippen LogP contribution >= 0.6 is 46.4 Å². The third-order valence-corrected chi connectivity index (χ3v) is 23.2. The van der Waals surface area contributed by atoms with Crippen LogP contribution in [0.3, 0.4) is 0 Å². The van der Waals surface area contributed by atoms with Crippen molar-refractivity contribution in [3.8, 4) is 23.3 Å². The zero-order valence-electron chi connectivity index (χ0n) is 81.4. The van der Waals surface area contributed by atoms with Gasteiger partial charge < -0.3 is 39.2 Å². The van der Waals surface area contributed by atoms with Gasteiger partial charge in [-0.05, 0) is 325 Å². The molecule has 0 spiro atoms. The molecule has 8 aromatic carbocycles. The molecule has 12 rings (SSSR count). The van der Waals surface area contributed by atoms with Gasteiger partial charge in [-0.2, -0.15) is 0 Å². The van der Waals surface area contributed by atoms with Crippen molar-refractivity contribution >= 4 is 189 Å². The van der Waals surface area contributed by atoms with Crippen molar-refractivity contribution in [2.45, 2.75) is 111 Å². The predicted molar refractivity (Wildman–Crippen MR) is 591 cm³/mol. The highest BCUT2D eigenvalue weighted by molar-refractivity contribution is 6.41. The SMILES string of the molecule is CCN(CC)c1ccc(/C=C/c2cc(/C=C/c3ccc(N(CC)CC)cc3)nc(-c3nc(/C=C/c4ccc(N(CC)CC)cc4)cc(/C=C/c4ccc(N(CC)CC)cc4)n3)n2)cc1.CCN(CC)c1ccc(/C=C/c2cc(/C=C/c3ccc(N(CC)CC)cc3)nc(-c3nc(/C=C/c4ccc(N(CC)CC)cc4)cc(/C=C/c4ccc(N(CC)CC)cc4)n3)n2)cc1.ClCCl.ClCCl. The number of rotatable bonds is 42. The molecule has 4 heterocycles. The fourth-order valence-corrected chi connectivity index (χ4v) is 15.6. The first-order chi connectivity index (χ1) is 65.4. The molecule has 0 amide bonds. The third-order valence-electron chi connectivity index (χ3n) is 23.2. The largest absolute Gasteiger partial charge is 0.372 e. The van der Waals surface area contributed by atoms with Crippen molar-refractivity contribution < 1.29 is 0 Å². The van der Waals surface area contributed by atoms with Crippen LogP contribution in [0.2, 0.25) is 0 Å². The summed E-state index contributed by atoms with van der Waals surface area (Å²) in [6, 6.07) is 77.4. The molecule has 20 heteroatoms. The second-order valence-corrected chi connectivity index (χ2v) is 32.8. The first-order valence-electron chi connectivity index (χ1n) is 47.5. The average molecular weight is 1870 g/mol. The third kappa shape index (κ3) is 32.5. The predicted octanol–water partition coefficient (Wildman–Crippen LogP) is 28.8. The van der Waals surface area contributed by atoms with Crippen LogP contribution in [-0.2, 0) is 0 Å². The summed E-state index contributed by atoms with van der Waals surface area (Å²) in [7, 11) is 0. The van der Waals surface area contributed by atoms with Crippen LogP contribution in [0.5, 0.6) is 0 Å². The lowest BCUT2D eigenvalue weighted by Crippen LogP contribution is -2.21. The number of nitrogens with zero attached hydrogens (tertiary/aromatic N) is 16. The van der Waals surface area contributed by atoms with Gasteiger partial charge in [0, 0.05) is 150 Å². The lowest BCUT2D eigenvalue weighted by molar-refractivity contribution is 0.866. The zero-order chi connectivity index (χ0) is 95.9. The maximum Gasteiger partial charge on any atom is 0.198 e. The Hall–Kier alpha value is -12.4. The first kappa shape index (κ1) is 105. The molecule has 0 bridgehead atoms. The molecule has 700 valence electrons. The molecule has 0 saturated heterocycles. The molecule has 0 aliphatic rings. The standard InChI is InChI=1S/2C56H66N8.2CH2Cl2/c2*1-9-61(10-2)51-33-21-43(22-34-51)17-29-47-41-48(30-18-44-23-35-52(36-24-44)62(11-3)12-4)58-55(57-47)56-59-49(31-19-45-25-37-53(38-26-45)63(13-5)14-6)42-50(60-56)32-20-46-27-39-54(40-28-46)64(15-7)16-8;2*2-1-3/h2*17-42H,9-16H2,1-8H3;2*1H2/b2*29-17+,30-18+,31-19+,32-20+;;. The van der Waals surface area contributed by atoms with Gasteiger partial charge in [-0.1, -0.05) is 146 Å². The smallest absolute Gasteiger partial charge is 0.198 e. The van der Waals surface area contributed by atoms with Gasteiger partial charge in [-0.25, -0.2) is 39.9 Å². The van der Waals surface area contributed by atoms with Gasteiger partial charge in [0.15, 0.2) is 23.3 Å². The summed E-state index contributed by atoms with van der Waals surface area (Å²) >= 11 is 19.1. The molecule has 16 nitrogen and oxygen atoms in total. The molecule has 0 aliphatic heterocycles. The van der Waals surface area contributed by atoms with E-state index in [-0.39, 0.29) is 10.7 Å². The Labute approximate surface area is 820 Å². The van der Waals surface area contributed by atoms with E-state index in [4.69, 9.17) is 86.3 Å². The lowest BCUT2D eigenvalue weighted by Gasteiger charge is -2.20. The van der Waals surface area contributed by atoms with Crippen molar-refractivity contribution in [2.75, 3.05) is 155 Å². The van der Waals surface area contributed by atoms with Crippen LogP contribution in [0.4, 0.5) is 45.5 Å². The molecule has 0 radical (unpaired) electrons. The molecular formula is C114H136Cl4N16. The molecule has 12 aromatic rings. The van der Waals surface area contributed by atoms with Gasteiger partial charge in [0.1, 0.15) is 0 Å². The van der Waals surface area contributed by atoms with Crippen LogP contribution in [-0.4, -0.2) is 155 Å². The summed E-state index contributed by atoms with van der Waals surface area (Å²) in [4.78, 5) is 59.3. The second-order valence-electron chi connectivity index (χ2n) is 31.1. The summed E-state index contributed by atoms with van der Waals surface area (Å²) in [5.41, 5.74) is 24.5. The minimum Gasteiger partial charge on any atom is -0.372 e. The fourth-order valence-electron chi connectivity index (χ4n) is 15.6. The highest BCUT2D eigenvalue weighted by Crippen LogP contribution is 2.29. The Balaban J connectivity index is 0.000000284. The molecular weight excluding hydrogens is 1740 g/mol. The van der Waals surface area contributed by atoms with Crippen molar-refractivity contribution in [1.29, 1.82) is 0 Å². The van der Waals surface area contributed by atoms with E-state index >= 15 is 0 Å². The van der Waals surface area contributed by atoms with Gasteiger partial charge >= 0.3 is 0 Å². The van der Waals surface area contributed by atoms with Crippen molar-refractivity contribution in [3.05, 3.63) is 308 Å². The average Bonchev–Trinajstić information content (AvgIpc) is 0.810. The monoisotopic (exact) mass is 1870 g/mol. The van der Waals surface area contributed by atoms with Gasteiger partial charge in [0.2, 0.25) is 0 Å². The number of benzene rings is 8. The number of halogens is 4. The summed E-state index contributed by atoms with van der Waals surface area (Å²) in [5, 5.41) is 0.389. The highest BCUT2D eigenvalue weighted by Gasteiger charge is 2.16. The normalized spacial score (nSPS) is 11.4. The van der Waals surface area contributed by atoms with Gasteiger partial charge in [0.25, 0.3) is 0 Å². The number of alkyl halides is 4. The van der Waals surface area contributed by atoms with Crippen molar-refractivity contribution in [2.24, 2.45) is 0 Å². The van der Waals surface area contributed by atoms with Crippen LogP contribution in [0.25, 0.3) is 121 Å². The fraction of sp³-hybridized carbons (Fsp3) is 0.298. The van der Waals surface area contributed by atoms with Crippen LogP contribution < -0.4 is 39.2 Å². The van der Waals surface area contributed by atoms with Crippen LogP contribution in [0.1, 0.15) is 201 Å². The molecule has 0 fully saturated rings. The van der Waals surface area contributed by atoms with Crippen molar-refractivity contribution in [3.63, 3.8) is 0 Å². The molecule has 0 saturated carbocycles. The topological polar surface area (TPSA) is 129 Å². The van der Waals surface area contributed by atoms with Crippen molar-refractivity contribution in [1.82, 2.24) is 39.9 Å². The second kappa shape index (κ2) is 57.2. The molecule has 0 N–H and O–H groups in total. The van der Waals surface area contributed by atoms with E-state index in [0.29, 0.717) is 23.3 Å². The van der Waals surface area contributed by atoms with Gasteiger partial charge in [0.05, 0.1) is 56.2 Å². The van der Waals surface area contributed by atoms with E-state index in [2.05, 4.69) is 393 Å². The molecule has 0 aliphatic carbocycles. The number of hydrogen-bond donors (Lipinski definition) is 0.